The molecule has 5 rings (SSSR count). The van der Waals surface area contributed by atoms with Crippen molar-refractivity contribution in [3.05, 3.63) is 95.1 Å². The molecule has 1 saturated carbocycles. The predicted octanol–water partition coefficient (Wildman–Crippen LogP) is 5.95. The summed E-state index contributed by atoms with van der Waals surface area (Å²) in [7, 11) is 0. The van der Waals surface area contributed by atoms with E-state index in [1.807, 2.05) is 0 Å². The van der Waals surface area contributed by atoms with Crippen LogP contribution in [0.15, 0.2) is 72.8 Å². The summed E-state index contributed by atoms with van der Waals surface area (Å²) in [6.45, 7) is 0. The number of hydrogen-bond acceptors (Lipinski definition) is 0. The molecule has 0 nitrogen and oxygen atoms in total. The summed E-state index contributed by atoms with van der Waals surface area (Å²) >= 11 is 0. The second kappa shape index (κ2) is 5.21. The molecule has 0 aliphatic heterocycles. The molecule has 0 heteroatoms. The van der Waals surface area contributed by atoms with Gasteiger partial charge in [-0.1, -0.05) is 72.8 Å². The number of hydrogen-bond donors (Lipinski definition) is 0. The highest BCUT2D eigenvalue weighted by molar-refractivity contribution is 5.55. The third kappa shape index (κ3) is 1.99. The topological polar surface area (TPSA) is 0 Å². The Morgan fingerprint density at radius 3 is 2.17 bits per heavy atom. The van der Waals surface area contributed by atoms with Gasteiger partial charge in [-0.2, -0.15) is 0 Å². The molecule has 0 heterocycles. The van der Waals surface area contributed by atoms with Gasteiger partial charge in [-0.25, -0.2) is 0 Å². The first-order valence-corrected chi connectivity index (χ1v) is 9.31. The third-order valence-electron chi connectivity index (χ3n) is 6.58. The molecule has 2 aromatic rings. The van der Waals surface area contributed by atoms with E-state index in [0.717, 1.165) is 12.8 Å². The second-order valence-corrected chi connectivity index (χ2v) is 7.93. The van der Waals surface area contributed by atoms with Gasteiger partial charge in [-0.15, -0.1) is 0 Å². The molecule has 2 aromatic carbocycles. The van der Waals surface area contributed by atoms with Crippen molar-refractivity contribution in [2.24, 2.45) is 5.41 Å². The molecule has 1 unspecified atom stereocenters. The van der Waals surface area contributed by atoms with E-state index in [2.05, 4.69) is 72.8 Å². The lowest BCUT2D eigenvalue weighted by Gasteiger charge is -2.39. The number of benzene rings is 2. The van der Waals surface area contributed by atoms with Crippen LogP contribution in [-0.2, 0) is 11.8 Å². The van der Waals surface area contributed by atoms with Gasteiger partial charge in [0, 0.05) is 5.41 Å². The van der Waals surface area contributed by atoms with E-state index >= 15 is 0 Å². The minimum atomic E-state index is 0.216. The average Bonchev–Trinajstić information content (AvgIpc) is 2.83. The zero-order valence-corrected chi connectivity index (χ0v) is 14.2. The molecule has 3 aliphatic rings. The van der Waals surface area contributed by atoms with Crippen LogP contribution >= 0.6 is 0 Å². The standard InChI is InChI=1S/C24H24/c1-2-8-14-23(13-7-1)15-16-24(18-23)21-11-5-3-9-19(21)17-20-10-4-6-12-22(20)24/h1,3-12,14H,2,13,15-18H2. The zero-order chi connectivity index (χ0) is 16.0. The van der Waals surface area contributed by atoms with Crippen LogP contribution in [0.2, 0.25) is 0 Å². The quantitative estimate of drug-likeness (QED) is 0.527. The van der Waals surface area contributed by atoms with Crippen LogP contribution in [0.4, 0.5) is 0 Å². The molecule has 120 valence electrons. The van der Waals surface area contributed by atoms with Gasteiger partial charge in [-0.3, -0.25) is 0 Å². The largest absolute Gasteiger partial charge is 0.0874 e. The number of rotatable bonds is 0. The Kier molecular flexibility index (Phi) is 3.10. The molecule has 24 heavy (non-hydrogen) atoms. The van der Waals surface area contributed by atoms with E-state index in [1.165, 1.54) is 25.7 Å². The molecular formula is C24H24. The molecule has 1 fully saturated rings. The summed E-state index contributed by atoms with van der Waals surface area (Å²) in [4.78, 5) is 0. The van der Waals surface area contributed by atoms with Crippen LogP contribution in [0.3, 0.4) is 0 Å². The third-order valence-corrected chi connectivity index (χ3v) is 6.58. The smallest absolute Gasteiger partial charge is 0.0217 e. The fourth-order valence-electron chi connectivity index (χ4n) is 5.53. The van der Waals surface area contributed by atoms with Crippen molar-refractivity contribution < 1.29 is 0 Å². The lowest BCUT2D eigenvalue weighted by Crippen LogP contribution is -2.32. The monoisotopic (exact) mass is 312 g/mol. The van der Waals surface area contributed by atoms with Crippen LogP contribution in [0.25, 0.3) is 0 Å². The highest BCUT2D eigenvalue weighted by atomic mass is 14.5. The van der Waals surface area contributed by atoms with Crippen molar-refractivity contribution in [2.45, 2.75) is 43.9 Å². The fourth-order valence-corrected chi connectivity index (χ4v) is 5.53. The molecule has 0 amide bonds. The van der Waals surface area contributed by atoms with E-state index in [1.54, 1.807) is 22.3 Å². The first-order valence-electron chi connectivity index (χ1n) is 9.31. The van der Waals surface area contributed by atoms with Crippen molar-refractivity contribution in [1.29, 1.82) is 0 Å². The first kappa shape index (κ1) is 14.3. The summed E-state index contributed by atoms with van der Waals surface area (Å²) < 4.78 is 0. The van der Waals surface area contributed by atoms with Gasteiger partial charge in [0.1, 0.15) is 0 Å². The highest BCUT2D eigenvalue weighted by Gasteiger charge is 2.50. The van der Waals surface area contributed by atoms with Gasteiger partial charge in [0.25, 0.3) is 0 Å². The van der Waals surface area contributed by atoms with Crippen molar-refractivity contribution in [2.75, 3.05) is 0 Å². The van der Waals surface area contributed by atoms with Crippen LogP contribution in [0.5, 0.6) is 0 Å². The molecule has 0 radical (unpaired) electrons. The number of fused-ring (bicyclic) bond motifs is 4. The molecule has 0 aromatic heterocycles. The molecule has 0 saturated heterocycles. The van der Waals surface area contributed by atoms with E-state index < -0.39 is 0 Å². The van der Waals surface area contributed by atoms with Crippen molar-refractivity contribution in [3.8, 4) is 0 Å². The minimum Gasteiger partial charge on any atom is -0.0874 e. The number of allylic oxidation sites excluding steroid dienone is 4. The Morgan fingerprint density at radius 2 is 1.42 bits per heavy atom. The minimum absolute atomic E-state index is 0.216. The molecular weight excluding hydrogens is 288 g/mol. The van der Waals surface area contributed by atoms with Crippen LogP contribution < -0.4 is 0 Å². The molecule has 3 aliphatic carbocycles. The van der Waals surface area contributed by atoms with Crippen LogP contribution in [-0.4, -0.2) is 0 Å². The molecule has 0 N–H and O–H groups in total. The summed E-state index contributed by atoms with van der Waals surface area (Å²) in [6, 6.07) is 18.4. The Hall–Kier alpha value is -2.08. The average molecular weight is 312 g/mol. The van der Waals surface area contributed by atoms with Gasteiger partial charge in [0.2, 0.25) is 0 Å². The summed E-state index contributed by atoms with van der Waals surface area (Å²) in [5.74, 6) is 0. The second-order valence-electron chi connectivity index (χ2n) is 7.93. The molecule has 0 bridgehead atoms. The Bertz CT molecular complexity index is 793. The lowest BCUT2D eigenvalue weighted by molar-refractivity contribution is 0.372. The molecule has 1 atom stereocenters. The summed E-state index contributed by atoms with van der Waals surface area (Å²) in [6.07, 6.45) is 16.9. The Labute approximate surface area is 144 Å². The predicted molar refractivity (Wildman–Crippen MR) is 100 cm³/mol. The van der Waals surface area contributed by atoms with Crippen molar-refractivity contribution in [1.82, 2.24) is 0 Å². The van der Waals surface area contributed by atoms with Crippen molar-refractivity contribution >= 4 is 0 Å². The summed E-state index contributed by atoms with van der Waals surface area (Å²) in [5, 5.41) is 0. The van der Waals surface area contributed by atoms with Crippen LogP contribution in [0, 0.1) is 5.41 Å². The Morgan fingerprint density at radius 1 is 0.708 bits per heavy atom. The lowest BCUT2D eigenvalue weighted by atomic mass is 9.64. The van der Waals surface area contributed by atoms with Gasteiger partial charge < -0.3 is 0 Å². The normalized spacial score (nSPS) is 26.3. The van der Waals surface area contributed by atoms with E-state index in [4.69, 9.17) is 0 Å². The maximum absolute atomic E-state index is 2.54. The van der Waals surface area contributed by atoms with Gasteiger partial charge in [0.05, 0.1) is 0 Å². The van der Waals surface area contributed by atoms with Crippen molar-refractivity contribution in [3.63, 3.8) is 0 Å². The fraction of sp³-hybridized carbons (Fsp3) is 0.333. The Balaban J connectivity index is 1.69. The van der Waals surface area contributed by atoms with Gasteiger partial charge in [0.15, 0.2) is 0 Å². The first-order chi connectivity index (χ1) is 11.8. The maximum Gasteiger partial charge on any atom is 0.0217 e. The van der Waals surface area contributed by atoms with E-state index in [-0.39, 0.29) is 5.41 Å². The zero-order valence-electron chi connectivity index (χ0n) is 14.2. The van der Waals surface area contributed by atoms with Gasteiger partial charge >= 0.3 is 0 Å². The van der Waals surface area contributed by atoms with Gasteiger partial charge in [-0.05, 0) is 66.2 Å². The van der Waals surface area contributed by atoms with Crippen LogP contribution in [0.1, 0.15) is 54.4 Å². The maximum atomic E-state index is 2.54. The highest BCUT2D eigenvalue weighted by Crippen LogP contribution is 2.59. The van der Waals surface area contributed by atoms with E-state index in [9.17, 15) is 0 Å². The summed E-state index contributed by atoms with van der Waals surface area (Å²) in [5.41, 5.74) is 6.85. The SMILES string of the molecule is C1=CCC2(C=CC1)CCC1(C2)c2ccccc2Cc2ccccc21. The van der Waals surface area contributed by atoms with E-state index in [0.29, 0.717) is 5.41 Å². The molecule has 2 spiro atoms.